The van der Waals surface area contributed by atoms with Gasteiger partial charge in [-0.25, -0.2) is 0 Å². The first-order valence-electron chi connectivity index (χ1n) is 7.63. The van der Waals surface area contributed by atoms with Gasteiger partial charge in [0, 0.05) is 12.3 Å². The van der Waals surface area contributed by atoms with Gasteiger partial charge in [0.05, 0.1) is 16.6 Å². The van der Waals surface area contributed by atoms with Crippen LogP contribution in [0.3, 0.4) is 0 Å². The van der Waals surface area contributed by atoms with Gasteiger partial charge in [-0.05, 0) is 29.5 Å². The lowest BCUT2D eigenvalue weighted by Gasteiger charge is -2.04. The summed E-state index contributed by atoms with van der Waals surface area (Å²) in [6.45, 7) is 2.52. The number of aryl methyl sites for hydroxylation is 1. The van der Waals surface area contributed by atoms with Crippen molar-refractivity contribution in [1.82, 2.24) is 14.8 Å². The number of benzene rings is 1. The van der Waals surface area contributed by atoms with E-state index >= 15 is 0 Å². The fourth-order valence-electron chi connectivity index (χ4n) is 2.71. The molecule has 0 bridgehead atoms. The average Bonchev–Trinajstić information content (AvgIpc) is 3.22. The molecule has 0 aliphatic heterocycles. The van der Waals surface area contributed by atoms with Crippen LogP contribution in [0.15, 0.2) is 57.2 Å². The van der Waals surface area contributed by atoms with Crippen LogP contribution in [-0.4, -0.2) is 14.8 Å². The highest BCUT2D eigenvalue weighted by Crippen LogP contribution is 2.18. The second-order valence-corrected chi connectivity index (χ2v) is 6.55. The molecule has 1 aromatic carbocycles. The Labute approximate surface area is 142 Å². The molecule has 3 heterocycles. The first kappa shape index (κ1) is 14.8. The zero-order valence-corrected chi connectivity index (χ0v) is 13.9. The third-order valence-electron chi connectivity index (χ3n) is 4.00. The molecule has 0 radical (unpaired) electrons. The van der Waals surface area contributed by atoms with Crippen LogP contribution in [0.4, 0.5) is 0 Å². The Bertz CT molecular complexity index is 1060. The van der Waals surface area contributed by atoms with Crippen molar-refractivity contribution >= 4 is 21.6 Å². The van der Waals surface area contributed by atoms with Gasteiger partial charge in [0.2, 0.25) is 11.8 Å². The van der Waals surface area contributed by atoms with Crippen molar-refractivity contribution in [3.8, 4) is 0 Å². The van der Waals surface area contributed by atoms with Gasteiger partial charge in [-0.1, -0.05) is 24.3 Å². The average molecular weight is 337 g/mol. The van der Waals surface area contributed by atoms with Crippen molar-refractivity contribution < 1.29 is 4.42 Å². The lowest BCUT2D eigenvalue weighted by atomic mass is 10.1. The van der Waals surface area contributed by atoms with Gasteiger partial charge in [-0.3, -0.25) is 4.79 Å². The zero-order valence-electron chi connectivity index (χ0n) is 13.1. The van der Waals surface area contributed by atoms with E-state index in [9.17, 15) is 4.79 Å². The van der Waals surface area contributed by atoms with E-state index in [0.717, 1.165) is 10.2 Å². The lowest BCUT2D eigenvalue weighted by molar-refractivity contribution is 0.447. The van der Waals surface area contributed by atoms with Gasteiger partial charge in [0.25, 0.3) is 0 Å². The molecule has 0 aliphatic rings. The van der Waals surface area contributed by atoms with Crippen LogP contribution in [-0.2, 0) is 13.0 Å². The molecule has 0 unspecified atom stereocenters. The van der Waals surface area contributed by atoms with E-state index in [1.54, 1.807) is 12.3 Å². The largest absolute Gasteiger partial charge is 0.423 e. The summed E-state index contributed by atoms with van der Waals surface area (Å²) < 4.78 is 8.49. The molecule has 0 atom stereocenters. The molecule has 4 rings (SSSR count). The molecule has 0 fully saturated rings. The second kappa shape index (κ2) is 6.05. The summed E-state index contributed by atoms with van der Waals surface area (Å²) in [5.41, 5.74) is 3.32. The molecule has 3 aromatic heterocycles. The van der Waals surface area contributed by atoms with Crippen LogP contribution in [0.25, 0.3) is 10.2 Å². The van der Waals surface area contributed by atoms with Crippen molar-refractivity contribution in [2.75, 3.05) is 0 Å². The van der Waals surface area contributed by atoms with Gasteiger partial charge in [0.1, 0.15) is 6.54 Å². The van der Waals surface area contributed by atoms with Gasteiger partial charge < -0.3 is 8.98 Å². The number of hydrogen-bond acceptors (Lipinski definition) is 5. The smallest absolute Gasteiger partial charge is 0.236 e. The molecule has 0 amide bonds. The minimum atomic E-state index is 0.0435. The first-order valence-corrected chi connectivity index (χ1v) is 8.51. The van der Waals surface area contributed by atoms with E-state index < -0.39 is 0 Å². The number of hydrogen-bond donors (Lipinski definition) is 0. The first-order chi connectivity index (χ1) is 11.7. The quantitative estimate of drug-likeness (QED) is 0.573. The SMILES string of the molecule is Cc1ccccc1Cc1nnc(Cn2ccc(=O)c3sccc32)o1. The van der Waals surface area contributed by atoms with Crippen molar-refractivity contribution in [3.05, 3.63) is 81.1 Å². The fraction of sp³-hybridized carbons (Fsp3) is 0.167. The van der Waals surface area contributed by atoms with Gasteiger partial charge in [-0.2, -0.15) is 0 Å². The highest BCUT2D eigenvalue weighted by Gasteiger charge is 2.11. The van der Waals surface area contributed by atoms with Crippen molar-refractivity contribution in [2.45, 2.75) is 19.9 Å². The van der Waals surface area contributed by atoms with E-state index in [-0.39, 0.29) is 5.43 Å². The van der Waals surface area contributed by atoms with Gasteiger partial charge in [-0.15, -0.1) is 21.5 Å². The topological polar surface area (TPSA) is 60.9 Å². The number of fused-ring (bicyclic) bond motifs is 1. The van der Waals surface area contributed by atoms with E-state index in [1.807, 2.05) is 28.1 Å². The molecule has 120 valence electrons. The molecular formula is C18H15N3O2S. The zero-order chi connectivity index (χ0) is 16.5. The molecule has 0 spiro atoms. The molecule has 5 nitrogen and oxygen atoms in total. The lowest BCUT2D eigenvalue weighted by Crippen LogP contribution is -2.07. The normalized spacial score (nSPS) is 11.2. The Kier molecular flexibility index (Phi) is 3.74. The Morgan fingerprint density at radius 1 is 1.12 bits per heavy atom. The van der Waals surface area contributed by atoms with E-state index in [0.29, 0.717) is 24.7 Å². The molecule has 0 aliphatic carbocycles. The van der Waals surface area contributed by atoms with Gasteiger partial charge >= 0.3 is 0 Å². The summed E-state index contributed by atoms with van der Waals surface area (Å²) in [6, 6.07) is 11.7. The Balaban J connectivity index is 1.59. The van der Waals surface area contributed by atoms with Crippen molar-refractivity contribution in [2.24, 2.45) is 0 Å². The van der Waals surface area contributed by atoms with Crippen molar-refractivity contribution in [3.63, 3.8) is 0 Å². The van der Waals surface area contributed by atoms with Crippen LogP contribution >= 0.6 is 11.3 Å². The number of thiophene rings is 1. The predicted molar refractivity (Wildman–Crippen MR) is 93.5 cm³/mol. The van der Waals surface area contributed by atoms with E-state index in [4.69, 9.17) is 4.42 Å². The van der Waals surface area contributed by atoms with Gasteiger partial charge in [0.15, 0.2) is 5.43 Å². The fourth-order valence-corrected chi connectivity index (χ4v) is 3.53. The summed E-state index contributed by atoms with van der Waals surface area (Å²) in [5, 5.41) is 10.2. The van der Waals surface area contributed by atoms with Crippen molar-refractivity contribution in [1.29, 1.82) is 0 Å². The minimum absolute atomic E-state index is 0.0435. The number of pyridine rings is 1. The molecular weight excluding hydrogens is 322 g/mol. The highest BCUT2D eigenvalue weighted by molar-refractivity contribution is 7.17. The van der Waals surface area contributed by atoms with Crippen LogP contribution < -0.4 is 5.43 Å². The molecule has 0 N–H and O–H groups in total. The highest BCUT2D eigenvalue weighted by atomic mass is 32.1. The maximum Gasteiger partial charge on any atom is 0.236 e. The van der Waals surface area contributed by atoms with Crippen LogP contribution in [0.5, 0.6) is 0 Å². The molecule has 0 saturated carbocycles. The molecule has 24 heavy (non-hydrogen) atoms. The van der Waals surface area contributed by atoms with Crippen LogP contribution in [0.1, 0.15) is 22.9 Å². The second-order valence-electron chi connectivity index (χ2n) is 5.64. The van der Waals surface area contributed by atoms with E-state index in [1.165, 1.54) is 22.5 Å². The number of rotatable bonds is 4. The van der Waals surface area contributed by atoms with Crippen LogP contribution in [0, 0.1) is 6.92 Å². The summed E-state index contributed by atoms with van der Waals surface area (Å²) in [7, 11) is 0. The number of nitrogens with zero attached hydrogens (tertiary/aromatic N) is 3. The molecule has 6 heteroatoms. The predicted octanol–water partition coefficient (Wildman–Crippen LogP) is 3.39. The maximum absolute atomic E-state index is 11.8. The van der Waals surface area contributed by atoms with E-state index in [2.05, 4.69) is 29.3 Å². The Hall–Kier alpha value is -2.73. The Morgan fingerprint density at radius 2 is 1.96 bits per heavy atom. The minimum Gasteiger partial charge on any atom is -0.423 e. The van der Waals surface area contributed by atoms with Crippen LogP contribution in [0.2, 0.25) is 0 Å². The molecule has 4 aromatic rings. The third kappa shape index (κ3) is 2.76. The maximum atomic E-state index is 11.8. The summed E-state index contributed by atoms with van der Waals surface area (Å²) >= 11 is 1.45. The Morgan fingerprint density at radius 3 is 2.83 bits per heavy atom. The third-order valence-corrected chi connectivity index (χ3v) is 4.92. The monoisotopic (exact) mass is 337 g/mol. The summed E-state index contributed by atoms with van der Waals surface area (Å²) in [4.78, 5) is 11.8. The summed E-state index contributed by atoms with van der Waals surface area (Å²) in [6.07, 6.45) is 2.39. The standard InChI is InChI=1S/C18H15N3O2S/c1-12-4-2-3-5-13(12)10-16-19-20-17(23-16)11-21-8-6-15(22)18-14(21)7-9-24-18/h2-9H,10-11H2,1H3. The number of aromatic nitrogens is 3. The molecule has 0 saturated heterocycles. The summed E-state index contributed by atoms with van der Waals surface area (Å²) in [5.74, 6) is 1.14.